The molecule has 3 aliphatic rings. The zero-order chi connectivity index (χ0) is 19.9. The molecule has 0 radical (unpaired) electrons. The third-order valence-corrected chi connectivity index (χ3v) is 8.04. The van der Waals surface area contributed by atoms with E-state index in [0.717, 1.165) is 37.9 Å². The molecule has 2 fully saturated rings. The summed E-state index contributed by atoms with van der Waals surface area (Å²) >= 11 is 0. The standard InChI is InChI=1S/C24H33NO3/c1-24-12-11-19-18-10-8-17(28-3)13-15(18)7-9-20(19)23(24)16(14-21(24)26)5-4-6-22(27)25-2/h8,10,13,16,19-20,23H,4-7,9,11-12,14H2,1-3H3,(H,25,27)/t16-,19?,20?,23?,24-/m1/s1. The van der Waals surface area contributed by atoms with Crippen molar-refractivity contribution in [2.24, 2.45) is 23.2 Å². The lowest BCUT2D eigenvalue weighted by Gasteiger charge is -2.50. The number of fused-ring (bicyclic) bond motifs is 5. The van der Waals surface area contributed by atoms with Crippen LogP contribution < -0.4 is 10.1 Å². The Morgan fingerprint density at radius 1 is 1.32 bits per heavy atom. The molecule has 5 atom stereocenters. The Morgan fingerprint density at radius 3 is 2.89 bits per heavy atom. The van der Waals surface area contributed by atoms with Gasteiger partial charge in [0.2, 0.25) is 5.91 Å². The highest BCUT2D eigenvalue weighted by Crippen LogP contribution is 2.62. The number of hydrogen-bond donors (Lipinski definition) is 1. The molecule has 4 rings (SSSR count). The van der Waals surface area contributed by atoms with Gasteiger partial charge in [0.05, 0.1) is 7.11 Å². The van der Waals surface area contributed by atoms with Crippen LogP contribution in [0.4, 0.5) is 0 Å². The molecule has 3 aliphatic carbocycles. The number of aryl methyl sites for hydroxylation is 1. The fourth-order valence-corrected chi connectivity index (χ4v) is 6.66. The second-order valence-corrected chi connectivity index (χ2v) is 9.31. The van der Waals surface area contributed by atoms with Crippen molar-refractivity contribution in [3.8, 4) is 5.75 Å². The van der Waals surface area contributed by atoms with Crippen molar-refractivity contribution in [3.05, 3.63) is 29.3 Å². The molecule has 0 spiro atoms. The van der Waals surface area contributed by atoms with Gasteiger partial charge in [0.15, 0.2) is 0 Å². The van der Waals surface area contributed by atoms with Crippen LogP contribution in [-0.2, 0) is 16.0 Å². The number of nitrogens with one attached hydrogen (secondary N) is 1. The molecule has 0 aliphatic heterocycles. The van der Waals surface area contributed by atoms with Crippen LogP contribution in [0.2, 0.25) is 0 Å². The predicted molar refractivity (Wildman–Crippen MR) is 109 cm³/mol. The minimum atomic E-state index is -0.150. The molecule has 0 saturated heterocycles. The molecule has 1 aromatic carbocycles. The normalized spacial score (nSPS) is 33.6. The molecule has 1 amide bonds. The zero-order valence-corrected chi connectivity index (χ0v) is 17.4. The smallest absolute Gasteiger partial charge is 0.219 e. The Hall–Kier alpha value is -1.84. The van der Waals surface area contributed by atoms with Gasteiger partial charge < -0.3 is 10.1 Å². The Balaban J connectivity index is 1.57. The molecule has 1 N–H and O–H groups in total. The minimum Gasteiger partial charge on any atom is -0.497 e. The van der Waals surface area contributed by atoms with Gasteiger partial charge in [-0.25, -0.2) is 0 Å². The monoisotopic (exact) mass is 383 g/mol. The number of Topliss-reactive ketones (excluding diaryl/α,β-unsaturated/α-hetero) is 1. The van der Waals surface area contributed by atoms with Crippen LogP contribution in [0.5, 0.6) is 5.75 Å². The first kappa shape index (κ1) is 19.5. The molecule has 0 aromatic heterocycles. The molecule has 2 saturated carbocycles. The molecular weight excluding hydrogens is 350 g/mol. The summed E-state index contributed by atoms with van der Waals surface area (Å²) in [5.41, 5.74) is 2.77. The van der Waals surface area contributed by atoms with Gasteiger partial charge in [-0.1, -0.05) is 13.0 Å². The van der Waals surface area contributed by atoms with Crippen molar-refractivity contribution in [2.75, 3.05) is 14.2 Å². The van der Waals surface area contributed by atoms with Gasteiger partial charge in [-0.05, 0) is 85.5 Å². The number of benzene rings is 1. The van der Waals surface area contributed by atoms with Crippen LogP contribution in [0.3, 0.4) is 0 Å². The van der Waals surface area contributed by atoms with Crippen molar-refractivity contribution < 1.29 is 14.3 Å². The Labute approximate surface area is 168 Å². The van der Waals surface area contributed by atoms with Gasteiger partial charge >= 0.3 is 0 Å². The van der Waals surface area contributed by atoms with Gasteiger partial charge in [0.1, 0.15) is 11.5 Å². The molecule has 3 unspecified atom stereocenters. The summed E-state index contributed by atoms with van der Waals surface area (Å²) in [6.45, 7) is 2.23. The molecule has 152 valence electrons. The maximum Gasteiger partial charge on any atom is 0.219 e. The number of ketones is 1. The van der Waals surface area contributed by atoms with E-state index in [1.807, 2.05) is 0 Å². The zero-order valence-electron chi connectivity index (χ0n) is 17.4. The molecule has 0 heterocycles. The molecule has 4 nitrogen and oxygen atoms in total. The van der Waals surface area contributed by atoms with Crippen molar-refractivity contribution in [2.45, 2.75) is 64.2 Å². The summed E-state index contributed by atoms with van der Waals surface area (Å²) in [5.74, 6) is 3.60. The highest BCUT2D eigenvalue weighted by molar-refractivity contribution is 5.87. The number of methoxy groups -OCH3 is 1. The van der Waals surface area contributed by atoms with E-state index >= 15 is 0 Å². The first-order valence-electron chi connectivity index (χ1n) is 10.9. The quantitative estimate of drug-likeness (QED) is 0.826. The second-order valence-electron chi connectivity index (χ2n) is 9.31. The Kier molecular flexibility index (Phi) is 5.24. The lowest BCUT2D eigenvalue weighted by Crippen LogP contribution is -2.44. The summed E-state index contributed by atoms with van der Waals surface area (Å²) in [7, 11) is 3.42. The third kappa shape index (κ3) is 3.15. The highest BCUT2D eigenvalue weighted by atomic mass is 16.5. The van der Waals surface area contributed by atoms with Crippen LogP contribution in [0.15, 0.2) is 18.2 Å². The van der Waals surface area contributed by atoms with E-state index in [2.05, 4.69) is 30.4 Å². The average Bonchev–Trinajstić information content (AvgIpc) is 2.97. The van der Waals surface area contributed by atoms with Crippen molar-refractivity contribution >= 4 is 11.7 Å². The Bertz CT molecular complexity index is 773. The SMILES string of the molecule is CNC(=O)CCC[C@@H]1CC(=O)[C@@]2(C)CCC3c4ccc(OC)cc4CCC3C12. The van der Waals surface area contributed by atoms with Crippen molar-refractivity contribution in [1.82, 2.24) is 5.32 Å². The molecule has 0 bridgehead atoms. The lowest BCUT2D eigenvalue weighted by atomic mass is 9.54. The highest BCUT2D eigenvalue weighted by Gasteiger charge is 2.58. The first-order chi connectivity index (χ1) is 13.5. The van der Waals surface area contributed by atoms with E-state index in [0.29, 0.717) is 42.3 Å². The van der Waals surface area contributed by atoms with E-state index in [9.17, 15) is 9.59 Å². The van der Waals surface area contributed by atoms with E-state index < -0.39 is 0 Å². The van der Waals surface area contributed by atoms with Gasteiger partial charge in [-0.15, -0.1) is 0 Å². The maximum atomic E-state index is 13.0. The fraction of sp³-hybridized carbons (Fsp3) is 0.667. The van der Waals surface area contributed by atoms with Gasteiger partial charge in [-0.3, -0.25) is 9.59 Å². The second kappa shape index (κ2) is 7.53. The van der Waals surface area contributed by atoms with Crippen LogP contribution in [0, 0.1) is 23.2 Å². The number of rotatable bonds is 5. The largest absolute Gasteiger partial charge is 0.497 e. The summed E-state index contributed by atoms with van der Waals surface area (Å²) in [6.07, 6.45) is 7.55. The molecular formula is C24H33NO3. The van der Waals surface area contributed by atoms with Crippen LogP contribution in [0.25, 0.3) is 0 Å². The average molecular weight is 384 g/mol. The minimum absolute atomic E-state index is 0.106. The topological polar surface area (TPSA) is 55.4 Å². The predicted octanol–water partition coefficient (Wildman–Crippen LogP) is 4.26. The molecule has 1 aromatic rings. The van der Waals surface area contributed by atoms with Crippen LogP contribution in [-0.4, -0.2) is 25.8 Å². The van der Waals surface area contributed by atoms with Crippen LogP contribution >= 0.6 is 0 Å². The Morgan fingerprint density at radius 2 is 2.14 bits per heavy atom. The van der Waals surface area contributed by atoms with E-state index in [-0.39, 0.29) is 11.3 Å². The molecule has 28 heavy (non-hydrogen) atoms. The molecule has 4 heteroatoms. The van der Waals surface area contributed by atoms with Gasteiger partial charge in [-0.2, -0.15) is 0 Å². The number of hydrogen-bond acceptors (Lipinski definition) is 3. The van der Waals surface area contributed by atoms with E-state index in [4.69, 9.17) is 4.74 Å². The summed E-state index contributed by atoms with van der Waals surface area (Å²) < 4.78 is 5.43. The van der Waals surface area contributed by atoms with Crippen molar-refractivity contribution in [3.63, 3.8) is 0 Å². The maximum absolute atomic E-state index is 13.0. The summed E-state index contributed by atoms with van der Waals surface area (Å²) in [4.78, 5) is 24.6. The summed E-state index contributed by atoms with van der Waals surface area (Å²) in [5, 5.41) is 2.71. The van der Waals surface area contributed by atoms with E-state index in [1.54, 1.807) is 14.2 Å². The van der Waals surface area contributed by atoms with Gasteiger partial charge in [0, 0.05) is 25.3 Å². The first-order valence-corrected chi connectivity index (χ1v) is 10.9. The van der Waals surface area contributed by atoms with E-state index in [1.165, 1.54) is 17.5 Å². The fourth-order valence-electron chi connectivity index (χ4n) is 6.66. The number of carbonyl (C=O) groups excluding carboxylic acids is 2. The number of ether oxygens (including phenoxy) is 1. The summed E-state index contributed by atoms with van der Waals surface area (Å²) in [6, 6.07) is 6.57. The van der Waals surface area contributed by atoms with Crippen LogP contribution in [0.1, 0.15) is 68.9 Å². The lowest BCUT2D eigenvalue weighted by molar-refractivity contribution is -0.129. The van der Waals surface area contributed by atoms with Crippen molar-refractivity contribution in [1.29, 1.82) is 0 Å². The number of carbonyl (C=O) groups is 2. The number of amides is 1. The van der Waals surface area contributed by atoms with Gasteiger partial charge in [0.25, 0.3) is 0 Å². The third-order valence-electron chi connectivity index (χ3n) is 8.04.